The van der Waals surface area contributed by atoms with Gasteiger partial charge in [0.05, 0.1) is 0 Å². The number of amides is 1. The molecule has 3 heteroatoms. The van der Waals surface area contributed by atoms with E-state index in [-0.39, 0.29) is 5.91 Å². The minimum atomic E-state index is -0.705. The Morgan fingerprint density at radius 2 is 1.86 bits per heavy atom. The predicted octanol–water partition coefficient (Wildman–Crippen LogP) is 1.11. The second-order valence-electron chi connectivity index (χ2n) is 3.77. The molecule has 0 atom stereocenters. The number of rotatable bonds is 0. The van der Waals surface area contributed by atoms with E-state index in [4.69, 9.17) is 4.74 Å². The van der Waals surface area contributed by atoms with Crippen molar-refractivity contribution in [1.82, 2.24) is 0 Å². The van der Waals surface area contributed by atoms with Crippen LogP contribution in [-0.2, 0) is 22.4 Å². The molecule has 1 aromatic rings. The molecule has 3 rings (SSSR count). The van der Waals surface area contributed by atoms with E-state index in [1.165, 1.54) is 17.5 Å². The first-order valence-corrected chi connectivity index (χ1v) is 4.62. The molecule has 0 saturated heterocycles. The van der Waals surface area contributed by atoms with Crippen molar-refractivity contribution >= 4 is 12.3 Å². The third kappa shape index (κ3) is 0.867. The van der Waals surface area contributed by atoms with E-state index in [0.29, 0.717) is 12.8 Å². The molecular formula is C11H9NO2. The largest absolute Gasteiger partial charge is 0.466 e. The smallest absolute Gasteiger partial charge is 0.293 e. The van der Waals surface area contributed by atoms with Gasteiger partial charge in [-0.1, -0.05) is 24.3 Å². The SMILES string of the molecule is O=C1N=COC12Cc1ccccc1C2. The number of hydrogen-bond acceptors (Lipinski definition) is 2. The quantitative estimate of drug-likeness (QED) is 0.610. The molecule has 0 radical (unpaired) electrons. The number of fused-ring (bicyclic) bond motifs is 1. The Labute approximate surface area is 81.4 Å². The zero-order valence-electron chi connectivity index (χ0n) is 7.56. The summed E-state index contributed by atoms with van der Waals surface area (Å²) < 4.78 is 5.35. The molecule has 1 amide bonds. The van der Waals surface area contributed by atoms with Crippen LogP contribution in [0.1, 0.15) is 11.1 Å². The lowest BCUT2D eigenvalue weighted by Crippen LogP contribution is -2.37. The van der Waals surface area contributed by atoms with Gasteiger partial charge in [0.25, 0.3) is 5.91 Å². The van der Waals surface area contributed by atoms with E-state index in [9.17, 15) is 4.79 Å². The molecule has 2 aliphatic rings. The Hall–Kier alpha value is -1.64. The first-order chi connectivity index (χ1) is 6.80. The van der Waals surface area contributed by atoms with E-state index < -0.39 is 5.60 Å². The highest BCUT2D eigenvalue weighted by Gasteiger charge is 2.47. The molecule has 0 aromatic heterocycles. The number of nitrogens with zero attached hydrogens (tertiary/aromatic N) is 1. The normalized spacial score (nSPS) is 21.3. The van der Waals surface area contributed by atoms with Gasteiger partial charge in [0.2, 0.25) is 0 Å². The minimum absolute atomic E-state index is 0.145. The maximum Gasteiger partial charge on any atom is 0.293 e. The lowest BCUT2D eigenvalue weighted by atomic mass is 10.0. The zero-order chi connectivity index (χ0) is 9.60. The molecule has 1 aromatic carbocycles. The van der Waals surface area contributed by atoms with Gasteiger partial charge in [-0.2, -0.15) is 4.99 Å². The molecular weight excluding hydrogens is 178 g/mol. The highest BCUT2D eigenvalue weighted by molar-refractivity contribution is 5.96. The summed E-state index contributed by atoms with van der Waals surface area (Å²) in [4.78, 5) is 15.2. The molecule has 1 aliphatic heterocycles. The van der Waals surface area contributed by atoms with Gasteiger partial charge < -0.3 is 4.74 Å². The van der Waals surface area contributed by atoms with Crippen molar-refractivity contribution < 1.29 is 9.53 Å². The van der Waals surface area contributed by atoms with Gasteiger partial charge in [-0.25, -0.2) is 0 Å². The summed E-state index contributed by atoms with van der Waals surface area (Å²) in [5, 5.41) is 0. The zero-order valence-corrected chi connectivity index (χ0v) is 7.56. The van der Waals surface area contributed by atoms with Crippen LogP contribution in [-0.4, -0.2) is 17.9 Å². The maximum absolute atomic E-state index is 11.5. The van der Waals surface area contributed by atoms with Crippen LogP contribution in [0.3, 0.4) is 0 Å². The monoisotopic (exact) mass is 187 g/mol. The topological polar surface area (TPSA) is 38.7 Å². The van der Waals surface area contributed by atoms with Gasteiger partial charge in [-0.3, -0.25) is 4.79 Å². The Bertz CT molecular complexity index is 412. The van der Waals surface area contributed by atoms with Crippen molar-refractivity contribution in [3.63, 3.8) is 0 Å². The lowest BCUT2D eigenvalue weighted by Gasteiger charge is -2.17. The molecule has 3 nitrogen and oxygen atoms in total. The van der Waals surface area contributed by atoms with E-state index in [1.807, 2.05) is 24.3 Å². The summed E-state index contributed by atoms with van der Waals surface area (Å²) in [6.45, 7) is 0. The minimum Gasteiger partial charge on any atom is -0.466 e. The average molecular weight is 187 g/mol. The van der Waals surface area contributed by atoms with Crippen molar-refractivity contribution in [2.45, 2.75) is 18.4 Å². The number of carbonyl (C=O) groups excluding carboxylic acids is 1. The summed E-state index contributed by atoms with van der Waals surface area (Å²) in [7, 11) is 0. The van der Waals surface area contributed by atoms with Crippen molar-refractivity contribution in [1.29, 1.82) is 0 Å². The van der Waals surface area contributed by atoms with Gasteiger partial charge >= 0.3 is 0 Å². The summed E-state index contributed by atoms with van der Waals surface area (Å²) in [6, 6.07) is 8.05. The second kappa shape index (κ2) is 2.44. The first-order valence-electron chi connectivity index (χ1n) is 4.62. The number of benzene rings is 1. The summed E-state index contributed by atoms with van der Waals surface area (Å²) >= 11 is 0. The van der Waals surface area contributed by atoms with Crippen molar-refractivity contribution in [2.24, 2.45) is 4.99 Å². The van der Waals surface area contributed by atoms with Crippen molar-refractivity contribution in [3.8, 4) is 0 Å². The maximum atomic E-state index is 11.5. The molecule has 1 aliphatic carbocycles. The third-order valence-corrected chi connectivity index (χ3v) is 2.91. The molecule has 1 spiro atoms. The Morgan fingerprint density at radius 3 is 2.36 bits per heavy atom. The third-order valence-electron chi connectivity index (χ3n) is 2.91. The molecule has 0 bridgehead atoms. The van der Waals surface area contributed by atoms with E-state index in [0.717, 1.165) is 0 Å². The fourth-order valence-corrected chi connectivity index (χ4v) is 2.16. The lowest BCUT2D eigenvalue weighted by molar-refractivity contribution is -0.129. The van der Waals surface area contributed by atoms with Gasteiger partial charge in [0.1, 0.15) is 0 Å². The number of carbonyl (C=O) groups is 1. The standard InChI is InChI=1S/C11H9NO2/c13-10-11(14-7-12-10)5-8-3-1-2-4-9(8)6-11/h1-4,7H,5-6H2. The van der Waals surface area contributed by atoms with Crippen LogP contribution >= 0.6 is 0 Å². The second-order valence-corrected chi connectivity index (χ2v) is 3.77. The molecule has 70 valence electrons. The number of aliphatic imine (C=N–C) groups is 1. The van der Waals surface area contributed by atoms with E-state index in [2.05, 4.69) is 4.99 Å². The van der Waals surface area contributed by atoms with Crippen LogP contribution in [0.15, 0.2) is 29.3 Å². The number of hydrogen-bond donors (Lipinski definition) is 0. The fraction of sp³-hybridized carbons (Fsp3) is 0.273. The molecule has 0 saturated carbocycles. The van der Waals surface area contributed by atoms with Crippen molar-refractivity contribution in [2.75, 3.05) is 0 Å². The van der Waals surface area contributed by atoms with Crippen LogP contribution < -0.4 is 0 Å². The highest BCUT2D eigenvalue weighted by atomic mass is 16.5. The fourth-order valence-electron chi connectivity index (χ4n) is 2.16. The molecule has 14 heavy (non-hydrogen) atoms. The molecule has 1 heterocycles. The van der Waals surface area contributed by atoms with Gasteiger partial charge in [0, 0.05) is 12.8 Å². The van der Waals surface area contributed by atoms with Crippen LogP contribution in [0.25, 0.3) is 0 Å². The van der Waals surface area contributed by atoms with Crippen LogP contribution in [0, 0.1) is 0 Å². The van der Waals surface area contributed by atoms with E-state index >= 15 is 0 Å². The Morgan fingerprint density at radius 1 is 1.21 bits per heavy atom. The number of ether oxygens (including phenoxy) is 1. The van der Waals surface area contributed by atoms with Gasteiger partial charge in [-0.15, -0.1) is 0 Å². The molecule has 0 N–H and O–H groups in total. The van der Waals surface area contributed by atoms with Crippen LogP contribution in [0.4, 0.5) is 0 Å². The summed E-state index contributed by atoms with van der Waals surface area (Å²) in [6.07, 6.45) is 2.58. The van der Waals surface area contributed by atoms with E-state index in [1.54, 1.807) is 0 Å². The summed E-state index contributed by atoms with van der Waals surface area (Å²) in [5.74, 6) is -0.145. The predicted molar refractivity (Wildman–Crippen MR) is 51.2 cm³/mol. The van der Waals surface area contributed by atoms with Gasteiger partial charge in [-0.05, 0) is 11.1 Å². The van der Waals surface area contributed by atoms with Gasteiger partial charge in [0.15, 0.2) is 12.0 Å². The Kier molecular flexibility index (Phi) is 1.35. The Balaban J connectivity index is 2.02. The van der Waals surface area contributed by atoms with Crippen LogP contribution in [0.2, 0.25) is 0 Å². The summed E-state index contributed by atoms with van der Waals surface area (Å²) in [5.41, 5.74) is 1.70. The van der Waals surface area contributed by atoms with Crippen LogP contribution in [0.5, 0.6) is 0 Å². The molecule has 0 unspecified atom stereocenters. The molecule has 0 fully saturated rings. The highest BCUT2D eigenvalue weighted by Crippen LogP contribution is 2.35. The van der Waals surface area contributed by atoms with Crippen molar-refractivity contribution in [3.05, 3.63) is 35.4 Å². The first kappa shape index (κ1) is 7.74. The average Bonchev–Trinajstić information content (AvgIpc) is 2.71.